The first-order valence-corrected chi connectivity index (χ1v) is 17.4. The molecule has 1 saturated carbocycles. The van der Waals surface area contributed by atoms with Crippen molar-refractivity contribution in [3.05, 3.63) is 47.9 Å². The highest BCUT2D eigenvalue weighted by molar-refractivity contribution is 6.76. The van der Waals surface area contributed by atoms with Gasteiger partial charge in [-0.2, -0.15) is 18.3 Å². The highest BCUT2D eigenvalue weighted by Gasteiger charge is 2.40. The monoisotopic (exact) mass is 606 g/mol. The number of halogens is 3. The molecular weight excluding hydrogens is 569 g/mol. The summed E-state index contributed by atoms with van der Waals surface area (Å²) in [7, 11) is 0.199. The molecule has 228 valence electrons. The first-order valence-electron chi connectivity index (χ1n) is 13.7. The van der Waals surface area contributed by atoms with Crippen LogP contribution >= 0.6 is 0 Å². The molecule has 1 aliphatic rings. The van der Waals surface area contributed by atoms with Crippen LogP contribution in [0.25, 0.3) is 10.9 Å². The molecule has 14 heteroatoms. The van der Waals surface area contributed by atoms with Crippen molar-refractivity contribution in [1.29, 1.82) is 0 Å². The molecule has 3 aromatic rings. The molecule has 10 nitrogen and oxygen atoms in total. The van der Waals surface area contributed by atoms with E-state index in [4.69, 9.17) is 15.2 Å². The Morgan fingerprint density at radius 1 is 1.19 bits per heavy atom. The zero-order valence-corrected chi connectivity index (χ0v) is 25.2. The van der Waals surface area contributed by atoms with E-state index in [2.05, 4.69) is 35.0 Å². The summed E-state index contributed by atoms with van der Waals surface area (Å²) in [6, 6.07) is 5.85. The van der Waals surface area contributed by atoms with Gasteiger partial charge in [0, 0.05) is 39.1 Å². The van der Waals surface area contributed by atoms with Crippen molar-refractivity contribution >= 4 is 42.2 Å². The van der Waals surface area contributed by atoms with E-state index < -0.39 is 37.7 Å². The third kappa shape index (κ3) is 7.86. The fourth-order valence-electron chi connectivity index (χ4n) is 4.59. The molecular formula is C28H37F3N6O4Si. The number of benzene rings is 1. The molecule has 0 saturated heterocycles. The summed E-state index contributed by atoms with van der Waals surface area (Å²) in [6.45, 7) is 7.46. The minimum Gasteiger partial charge on any atom is -0.398 e. The first-order chi connectivity index (χ1) is 19.8. The van der Waals surface area contributed by atoms with Gasteiger partial charge >= 0.3 is 18.0 Å². The van der Waals surface area contributed by atoms with Gasteiger partial charge in [-0.15, -0.1) is 0 Å². The van der Waals surface area contributed by atoms with Gasteiger partial charge in [-0.3, -0.25) is 14.6 Å². The molecule has 1 aromatic carbocycles. The fourth-order valence-corrected chi connectivity index (χ4v) is 5.35. The van der Waals surface area contributed by atoms with Crippen molar-refractivity contribution in [1.82, 2.24) is 19.7 Å². The second kappa shape index (κ2) is 12.8. The molecule has 1 aliphatic carbocycles. The van der Waals surface area contributed by atoms with Gasteiger partial charge in [-0.25, -0.2) is 4.68 Å². The van der Waals surface area contributed by atoms with Gasteiger partial charge in [0.2, 0.25) is 0 Å². The number of ether oxygens (including phenoxy) is 2. The molecule has 4 rings (SSSR count). The summed E-state index contributed by atoms with van der Waals surface area (Å²) in [5, 5.41) is 7.67. The quantitative estimate of drug-likeness (QED) is 0.132. The summed E-state index contributed by atoms with van der Waals surface area (Å²) in [5.41, 5.74) is 6.76. The van der Waals surface area contributed by atoms with Crippen LogP contribution in [0.4, 0.5) is 24.5 Å². The number of anilines is 2. The lowest BCUT2D eigenvalue weighted by Crippen LogP contribution is -2.48. The van der Waals surface area contributed by atoms with Crippen molar-refractivity contribution in [2.24, 2.45) is 5.92 Å². The van der Waals surface area contributed by atoms with Crippen LogP contribution < -0.4 is 11.1 Å². The Labute approximate surface area is 243 Å². The largest absolute Gasteiger partial charge is 0.417 e. The number of pyridine rings is 1. The Morgan fingerprint density at radius 3 is 2.52 bits per heavy atom. The van der Waals surface area contributed by atoms with Crippen LogP contribution in [-0.4, -0.2) is 65.9 Å². The molecule has 42 heavy (non-hydrogen) atoms. The number of hydrogen-bond donors (Lipinski definition) is 2. The Kier molecular flexibility index (Phi) is 9.58. The number of aromatic nitrogens is 3. The maximum Gasteiger partial charge on any atom is 0.417 e. The maximum absolute atomic E-state index is 13.6. The van der Waals surface area contributed by atoms with Crippen LogP contribution in [0.2, 0.25) is 25.7 Å². The highest BCUT2D eigenvalue weighted by atomic mass is 28.3. The number of nitrogen functional groups attached to an aromatic ring is 1. The Balaban J connectivity index is 1.57. The van der Waals surface area contributed by atoms with E-state index in [-0.39, 0.29) is 31.5 Å². The average Bonchev–Trinajstić information content (AvgIpc) is 3.67. The zero-order chi connectivity index (χ0) is 30.7. The number of nitrogens with zero attached hydrogens (tertiary/aromatic N) is 4. The van der Waals surface area contributed by atoms with E-state index in [9.17, 15) is 22.8 Å². The lowest BCUT2D eigenvalue weighted by Gasteiger charge is -2.31. The normalized spacial score (nSPS) is 14.6. The average molecular weight is 607 g/mol. The number of nitrogens with one attached hydrogen (secondary N) is 1. The molecule has 0 spiro atoms. The topological polar surface area (TPSA) is 125 Å². The molecule has 0 bridgehead atoms. The van der Waals surface area contributed by atoms with Crippen molar-refractivity contribution in [2.45, 2.75) is 64.0 Å². The van der Waals surface area contributed by atoms with Crippen molar-refractivity contribution < 1.29 is 32.2 Å². The zero-order valence-electron chi connectivity index (χ0n) is 24.2. The van der Waals surface area contributed by atoms with E-state index in [1.54, 1.807) is 23.0 Å². The van der Waals surface area contributed by atoms with Gasteiger partial charge in [-0.1, -0.05) is 19.6 Å². The van der Waals surface area contributed by atoms with Crippen molar-refractivity contribution in [3.63, 3.8) is 0 Å². The second-order valence-corrected chi connectivity index (χ2v) is 17.4. The number of fused-ring (bicyclic) bond motifs is 1. The van der Waals surface area contributed by atoms with Crippen LogP contribution in [0.15, 0.2) is 36.7 Å². The Hall–Kier alpha value is -3.49. The molecule has 0 radical (unpaired) electrons. The molecule has 2 heterocycles. The first kappa shape index (κ1) is 31.4. The number of carbonyl (C=O) groups excluding carboxylic acids is 2. The minimum atomic E-state index is -4.54. The minimum absolute atomic E-state index is 0.106. The second-order valence-electron chi connectivity index (χ2n) is 11.7. The summed E-state index contributed by atoms with van der Waals surface area (Å²) >= 11 is 0. The number of alkyl halides is 3. The predicted molar refractivity (Wildman–Crippen MR) is 155 cm³/mol. The van der Waals surface area contributed by atoms with Gasteiger partial charge in [0.05, 0.1) is 47.9 Å². The third-order valence-corrected chi connectivity index (χ3v) is 8.84. The molecule has 2 amide bonds. The number of hydrogen-bond acceptors (Lipinski definition) is 7. The van der Waals surface area contributed by atoms with Crippen LogP contribution in [0.5, 0.6) is 0 Å². The van der Waals surface area contributed by atoms with E-state index in [1.165, 1.54) is 18.1 Å². The summed E-state index contributed by atoms with van der Waals surface area (Å²) in [6.07, 6.45) is -0.554. The van der Waals surface area contributed by atoms with Gasteiger partial charge in [0.1, 0.15) is 6.73 Å². The van der Waals surface area contributed by atoms with Gasteiger partial charge in [0.25, 0.3) is 0 Å². The summed E-state index contributed by atoms with van der Waals surface area (Å²) in [4.78, 5) is 32.3. The van der Waals surface area contributed by atoms with Crippen LogP contribution in [0.3, 0.4) is 0 Å². The molecule has 2 aromatic heterocycles. The summed E-state index contributed by atoms with van der Waals surface area (Å²) in [5.74, 6) is -1.66. The maximum atomic E-state index is 13.6. The van der Waals surface area contributed by atoms with E-state index >= 15 is 0 Å². The standard InChI is InChI=1S/C28H37F3N6O4Si/c1-40-16-24(18-5-6-18)36(15-20-8-7-19(13-33-20)28(29,30)31)27(39)26(38)35-23-10-9-22(32)21-14-34-37(25(21)23)17-41-11-12-42(2,3)4/h7-10,13-14,18,24H,5-6,11-12,15-17,32H2,1-4H3,(H,35,38)/t24-/m0/s1. The third-order valence-electron chi connectivity index (χ3n) is 7.14. The predicted octanol–water partition coefficient (Wildman–Crippen LogP) is 4.74. The van der Waals surface area contributed by atoms with E-state index in [1.807, 2.05) is 0 Å². The molecule has 0 unspecified atom stereocenters. The van der Waals surface area contributed by atoms with Gasteiger partial charge in [-0.05, 0) is 49.1 Å². The van der Waals surface area contributed by atoms with Gasteiger partial charge in [0.15, 0.2) is 0 Å². The van der Waals surface area contributed by atoms with E-state index in [0.29, 0.717) is 28.9 Å². The lowest BCUT2D eigenvalue weighted by molar-refractivity contribution is -0.146. The molecule has 3 N–H and O–H groups in total. The lowest BCUT2D eigenvalue weighted by atomic mass is 10.1. The number of carbonyl (C=O) groups is 2. The smallest absolute Gasteiger partial charge is 0.398 e. The Bertz CT molecular complexity index is 1400. The molecule has 1 atom stereocenters. The Morgan fingerprint density at radius 2 is 1.93 bits per heavy atom. The SMILES string of the molecule is COC[C@@H](C1CC1)N(Cc1ccc(C(F)(F)F)cn1)C(=O)C(=O)Nc1ccc(N)c2cnn(COCC[Si](C)(C)C)c12. The molecule has 0 aliphatic heterocycles. The number of methoxy groups -OCH3 is 1. The highest BCUT2D eigenvalue weighted by Crippen LogP contribution is 2.37. The number of nitrogens with two attached hydrogens (primary N) is 1. The van der Waals surface area contributed by atoms with E-state index in [0.717, 1.165) is 31.1 Å². The van der Waals surface area contributed by atoms with Gasteiger partial charge < -0.3 is 25.4 Å². The fraction of sp³-hybridized carbons (Fsp3) is 0.500. The van der Waals surface area contributed by atoms with Crippen LogP contribution in [0, 0.1) is 5.92 Å². The van der Waals surface area contributed by atoms with Crippen molar-refractivity contribution in [3.8, 4) is 0 Å². The van der Waals surface area contributed by atoms with Crippen LogP contribution in [0.1, 0.15) is 24.1 Å². The number of rotatable bonds is 12. The number of amides is 2. The van der Waals surface area contributed by atoms with Crippen molar-refractivity contribution in [2.75, 3.05) is 31.4 Å². The summed E-state index contributed by atoms with van der Waals surface area (Å²) < 4.78 is 51.9. The van der Waals surface area contributed by atoms with Crippen LogP contribution in [-0.2, 0) is 38.5 Å². The molecule has 1 fully saturated rings.